The van der Waals surface area contributed by atoms with Crippen LogP contribution in [-0.2, 0) is 11.3 Å². The molecule has 0 bridgehead atoms. The minimum absolute atomic E-state index is 0.0255. The summed E-state index contributed by atoms with van der Waals surface area (Å²) in [6, 6.07) is 21.7. The van der Waals surface area contributed by atoms with Crippen LogP contribution in [0.25, 0.3) is 10.8 Å². The summed E-state index contributed by atoms with van der Waals surface area (Å²) in [6.45, 7) is 7.59. The van der Waals surface area contributed by atoms with Crippen LogP contribution in [0.1, 0.15) is 43.4 Å². The molecule has 3 aromatic carbocycles. The van der Waals surface area contributed by atoms with E-state index in [9.17, 15) is 0 Å². The zero-order valence-electron chi connectivity index (χ0n) is 20.7. The number of rotatable bonds is 10. The molecule has 2 atom stereocenters. The second-order valence-corrected chi connectivity index (χ2v) is 9.60. The van der Waals surface area contributed by atoms with Gasteiger partial charge in [0.2, 0.25) is 0 Å². The van der Waals surface area contributed by atoms with Crippen LogP contribution >= 0.6 is 11.6 Å². The number of hydrogen-bond donors (Lipinski definition) is 0. The fourth-order valence-corrected chi connectivity index (χ4v) is 5.49. The summed E-state index contributed by atoms with van der Waals surface area (Å²) >= 11 is 6.56. The van der Waals surface area contributed by atoms with Crippen LogP contribution in [-0.4, -0.2) is 56.2 Å². The van der Waals surface area contributed by atoms with E-state index >= 15 is 0 Å². The van der Waals surface area contributed by atoms with Crippen LogP contribution in [0.4, 0.5) is 0 Å². The second kappa shape index (κ2) is 12.0. The van der Waals surface area contributed by atoms with Gasteiger partial charge in [-0.1, -0.05) is 79.9 Å². The van der Waals surface area contributed by atoms with Crippen molar-refractivity contribution in [2.75, 3.05) is 40.4 Å². The first-order valence-electron chi connectivity index (χ1n) is 12.4. The fourth-order valence-electron chi connectivity index (χ4n) is 5.17. The van der Waals surface area contributed by atoms with Gasteiger partial charge < -0.3 is 9.47 Å². The first-order valence-corrected chi connectivity index (χ1v) is 12.8. The first-order chi connectivity index (χ1) is 16.6. The summed E-state index contributed by atoms with van der Waals surface area (Å²) in [5.74, 6) is 0.708. The Labute approximate surface area is 209 Å². The zero-order chi connectivity index (χ0) is 23.9. The molecule has 1 aliphatic rings. The van der Waals surface area contributed by atoms with Crippen LogP contribution < -0.4 is 4.74 Å². The Morgan fingerprint density at radius 1 is 0.941 bits per heavy atom. The number of nitrogens with zero attached hydrogens (tertiary/aromatic N) is 2. The van der Waals surface area contributed by atoms with E-state index in [2.05, 4.69) is 71.3 Å². The fraction of sp³-hybridized carbons (Fsp3) is 0.448. The topological polar surface area (TPSA) is 24.9 Å². The van der Waals surface area contributed by atoms with E-state index in [0.29, 0.717) is 16.8 Å². The maximum atomic E-state index is 6.56. The number of halogens is 1. The van der Waals surface area contributed by atoms with Crippen molar-refractivity contribution in [2.24, 2.45) is 0 Å². The molecule has 0 saturated carbocycles. The van der Waals surface area contributed by atoms with E-state index in [-0.39, 0.29) is 6.10 Å². The van der Waals surface area contributed by atoms with Crippen molar-refractivity contribution in [3.63, 3.8) is 0 Å². The van der Waals surface area contributed by atoms with Crippen molar-refractivity contribution in [1.29, 1.82) is 0 Å². The van der Waals surface area contributed by atoms with Crippen LogP contribution in [0.5, 0.6) is 5.75 Å². The van der Waals surface area contributed by atoms with Gasteiger partial charge in [-0.25, -0.2) is 0 Å². The van der Waals surface area contributed by atoms with Crippen LogP contribution in [0.2, 0.25) is 5.02 Å². The first kappa shape index (κ1) is 25.0. The Bertz CT molecular complexity index is 1050. The molecular formula is C29H37ClN2O2. The smallest absolute Gasteiger partial charge is 0.138 e. The maximum absolute atomic E-state index is 6.56. The highest BCUT2D eigenvalue weighted by atomic mass is 35.5. The molecule has 1 heterocycles. The second-order valence-electron chi connectivity index (χ2n) is 9.23. The summed E-state index contributed by atoms with van der Waals surface area (Å²) < 4.78 is 11.6. The van der Waals surface area contributed by atoms with Gasteiger partial charge in [0.05, 0.1) is 18.2 Å². The lowest BCUT2D eigenvalue weighted by molar-refractivity contribution is -0.0127. The van der Waals surface area contributed by atoms with E-state index < -0.39 is 0 Å². The minimum atomic E-state index is 0.0255. The van der Waals surface area contributed by atoms with E-state index in [4.69, 9.17) is 21.1 Å². The van der Waals surface area contributed by atoms with Gasteiger partial charge in [-0.05, 0) is 35.1 Å². The highest BCUT2D eigenvalue weighted by molar-refractivity contribution is 6.37. The third-order valence-electron chi connectivity index (χ3n) is 7.07. The third kappa shape index (κ3) is 5.75. The molecule has 0 amide bonds. The largest absolute Gasteiger partial charge is 0.495 e. The predicted molar refractivity (Wildman–Crippen MR) is 142 cm³/mol. The van der Waals surface area contributed by atoms with E-state index in [1.807, 2.05) is 13.2 Å². The average Bonchev–Trinajstić information content (AvgIpc) is 2.88. The molecule has 3 aromatic rings. The van der Waals surface area contributed by atoms with Gasteiger partial charge in [0, 0.05) is 51.3 Å². The number of unbranched alkanes of at least 4 members (excludes halogenated alkanes) is 1. The molecule has 4 rings (SSSR count). The van der Waals surface area contributed by atoms with Gasteiger partial charge in [0.1, 0.15) is 5.75 Å². The maximum Gasteiger partial charge on any atom is 0.138 e. The molecule has 1 fully saturated rings. The number of ether oxygens (including phenoxy) is 2. The van der Waals surface area contributed by atoms with Gasteiger partial charge in [-0.15, -0.1) is 0 Å². The number of piperazine rings is 1. The SMILES string of the molecule is CCCCC(C(OC)c1ccc2c(Cl)c(OC)ccc2c1)N1CCN(Cc2ccccc2)CC1. The average molecular weight is 481 g/mol. The quantitative estimate of drug-likeness (QED) is 0.328. The Balaban J connectivity index is 1.51. The number of methoxy groups -OCH3 is 2. The summed E-state index contributed by atoms with van der Waals surface area (Å²) in [6.07, 6.45) is 3.55. The molecule has 2 unspecified atom stereocenters. The zero-order valence-corrected chi connectivity index (χ0v) is 21.4. The van der Waals surface area contributed by atoms with Gasteiger partial charge >= 0.3 is 0 Å². The lowest BCUT2D eigenvalue weighted by atomic mass is 9.93. The van der Waals surface area contributed by atoms with Crippen molar-refractivity contribution in [3.05, 3.63) is 76.8 Å². The molecular weight excluding hydrogens is 444 g/mol. The monoisotopic (exact) mass is 480 g/mol. The van der Waals surface area contributed by atoms with Gasteiger partial charge in [0.25, 0.3) is 0 Å². The summed E-state index contributed by atoms with van der Waals surface area (Å²) in [5.41, 5.74) is 2.60. The third-order valence-corrected chi connectivity index (χ3v) is 7.46. The van der Waals surface area contributed by atoms with Crippen molar-refractivity contribution in [1.82, 2.24) is 9.80 Å². The summed E-state index contributed by atoms with van der Waals surface area (Å²) in [5, 5.41) is 2.80. The number of fused-ring (bicyclic) bond motifs is 1. The van der Waals surface area contributed by atoms with Gasteiger partial charge in [0.15, 0.2) is 0 Å². The highest BCUT2D eigenvalue weighted by Gasteiger charge is 2.31. The van der Waals surface area contributed by atoms with Gasteiger partial charge in [-0.2, -0.15) is 0 Å². The highest BCUT2D eigenvalue weighted by Crippen LogP contribution is 2.36. The molecule has 0 spiro atoms. The number of hydrogen-bond acceptors (Lipinski definition) is 4. The Morgan fingerprint density at radius 3 is 2.38 bits per heavy atom. The molecule has 0 aromatic heterocycles. The summed E-state index contributed by atoms with van der Waals surface area (Å²) in [7, 11) is 3.50. The number of benzene rings is 3. The molecule has 0 aliphatic carbocycles. The van der Waals surface area contributed by atoms with E-state index in [1.165, 1.54) is 24.0 Å². The van der Waals surface area contributed by atoms with Crippen molar-refractivity contribution >= 4 is 22.4 Å². The Hall–Kier alpha value is -2.11. The Morgan fingerprint density at radius 2 is 1.71 bits per heavy atom. The molecule has 1 aliphatic heterocycles. The summed E-state index contributed by atoms with van der Waals surface area (Å²) in [4.78, 5) is 5.21. The van der Waals surface area contributed by atoms with Crippen molar-refractivity contribution < 1.29 is 9.47 Å². The van der Waals surface area contributed by atoms with Crippen LogP contribution in [0, 0.1) is 0 Å². The molecule has 1 saturated heterocycles. The van der Waals surface area contributed by atoms with Crippen molar-refractivity contribution in [3.8, 4) is 5.75 Å². The molecule has 5 heteroatoms. The normalized spacial score (nSPS) is 17.1. The van der Waals surface area contributed by atoms with Gasteiger partial charge in [-0.3, -0.25) is 9.80 Å². The molecule has 0 radical (unpaired) electrons. The lowest BCUT2D eigenvalue weighted by Gasteiger charge is -2.42. The van der Waals surface area contributed by atoms with E-state index in [0.717, 1.165) is 49.9 Å². The molecule has 0 N–H and O–H groups in total. The van der Waals surface area contributed by atoms with Crippen LogP contribution in [0.15, 0.2) is 60.7 Å². The van der Waals surface area contributed by atoms with Crippen LogP contribution in [0.3, 0.4) is 0 Å². The minimum Gasteiger partial charge on any atom is -0.495 e. The standard InChI is InChI=1S/C29H37ClN2O2/c1-4-5-11-26(32-18-16-31(17-19-32)21-22-9-7-6-8-10-22)29(34-3)24-12-14-25-23(20-24)13-15-27(33-2)28(25)30/h6-10,12-15,20,26,29H,4-5,11,16-19,21H2,1-3H3. The predicted octanol–water partition coefficient (Wildman–Crippen LogP) is 6.57. The lowest BCUT2D eigenvalue weighted by Crippen LogP contribution is -2.51. The van der Waals surface area contributed by atoms with E-state index in [1.54, 1.807) is 7.11 Å². The molecule has 34 heavy (non-hydrogen) atoms. The van der Waals surface area contributed by atoms with Crippen molar-refractivity contribution in [2.45, 2.75) is 44.9 Å². The molecule has 4 nitrogen and oxygen atoms in total. The Kier molecular flexibility index (Phi) is 8.85. The molecule has 182 valence electrons.